The minimum Gasteiger partial charge on any atom is -0.337 e. The van der Waals surface area contributed by atoms with Crippen LogP contribution in [0.25, 0.3) is 0 Å². The van der Waals surface area contributed by atoms with Gasteiger partial charge in [0.1, 0.15) is 0 Å². The minimum absolute atomic E-state index is 0.0149. The van der Waals surface area contributed by atoms with Crippen molar-refractivity contribution in [3.8, 4) is 0 Å². The number of para-hydroxylation sites is 1. The number of carbonyl (C=O) groups excluding carboxylic acids is 2. The highest BCUT2D eigenvalue weighted by atomic mass is 16.6. The van der Waals surface area contributed by atoms with Crippen LogP contribution >= 0.6 is 0 Å². The molecule has 2 rings (SSSR count). The first-order valence-corrected chi connectivity index (χ1v) is 8.18. The fraction of sp³-hybridized carbons (Fsp3) is 0.263. The average molecular weight is 355 g/mol. The van der Waals surface area contributed by atoms with E-state index >= 15 is 0 Å². The van der Waals surface area contributed by atoms with Crippen molar-refractivity contribution in [2.45, 2.75) is 20.4 Å². The van der Waals surface area contributed by atoms with Gasteiger partial charge >= 0.3 is 0 Å². The summed E-state index contributed by atoms with van der Waals surface area (Å²) >= 11 is 0. The maximum atomic E-state index is 12.5. The van der Waals surface area contributed by atoms with Crippen molar-refractivity contribution < 1.29 is 14.5 Å². The first-order chi connectivity index (χ1) is 12.3. The number of nitrogens with zero attached hydrogens (tertiary/aromatic N) is 2. The molecule has 136 valence electrons. The Morgan fingerprint density at radius 1 is 1.12 bits per heavy atom. The third-order valence-electron chi connectivity index (χ3n) is 3.87. The fourth-order valence-corrected chi connectivity index (χ4v) is 2.35. The van der Waals surface area contributed by atoms with Gasteiger partial charge in [0, 0.05) is 35.8 Å². The molecule has 7 heteroatoms. The predicted molar refractivity (Wildman–Crippen MR) is 98.8 cm³/mol. The molecule has 0 aliphatic rings. The Kier molecular flexibility index (Phi) is 6.06. The van der Waals surface area contributed by atoms with E-state index in [2.05, 4.69) is 5.32 Å². The Bertz CT molecular complexity index is 816. The van der Waals surface area contributed by atoms with Gasteiger partial charge in [0.15, 0.2) is 0 Å². The molecule has 0 spiro atoms. The Morgan fingerprint density at radius 3 is 2.31 bits per heavy atom. The van der Waals surface area contributed by atoms with Crippen molar-refractivity contribution in [2.75, 3.05) is 12.4 Å². The van der Waals surface area contributed by atoms with Gasteiger partial charge in [-0.3, -0.25) is 19.7 Å². The second-order valence-corrected chi connectivity index (χ2v) is 6.27. The SMILES string of the molecule is CC(C)C(=O)Nc1ccc(C(=O)N(C)Cc2ccccc2[N+](=O)[O-])cc1. The molecule has 0 aliphatic carbocycles. The largest absolute Gasteiger partial charge is 0.337 e. The van der Waals surface area contributed by atoms with E-state index < -0.39 is 4.92 Å². The molecule has 0 atom stereocenters. The smallest absolute Gasteiger partial charge is 0.274 e. The normalized spacial score (nSPS) is 10.5. The average Bonchev–Trinajstić information content (AvgIpc) is 2.61. The van der Waals surface area contributed by atoms with E-state index in [0.717, 1.165) is 0 Å². The number of rotatable bonds is 6. The molecule has 0 heterocycles. The summed E-state index contributed by atoms with van der Waals surface area (Å²) in [6.45, 7) is 3.72. The van der Waals surface area contributed by atoms with Gasteiger partial charge in [0.2, 0.25) is 5.91 Å². The predicted octanol–water partition coefficient (Wildman–Crippen LogP) is 3.46. The summed E-state index contributed by atoms with van der Waals surface area (Å²) in [5, 5.41) is 13.8. The van der Waals surface area contributed by atoms with Crippen molar-refractivity contribution in [2.24, 2.45) is 5.92 Å². The molecular weight excluding hydrogens is 334 g/mol. The number of anilines is 1. The fourth-order valence-electron chi connectivity index (χ4n) is 2.35. The molecule has 26 heavy (non-hydrogen) atoms. The van der Waals surface area contributed by atoms with Crippen LogP contribution in [0.15, 0.2) is 48.5 Å². The summed E-state index contributed by atoms with van der Waals surface area (Å²) < 4.78 is 0. The molecule has 0 aliphatic heterocycles. The summed E-state index contributed by atoms with van der Waals surface area (Å²) in [6.07, 6.45) is 0. The molecule has 2 aromatic carbocycles. The maximum Gasteiger partial charge on any atom is 0.274 e. The molecule has 1 N–H and O–H groups in total. The highest BCUT2D eigenvalue weighted by Gasteiger charge is 2.18. The van der Waals surface area contributed by atoms with E-state index in [0.29, 0.717) is 16.8 Å². The number of hydrogen-bond donors (Lipinski definition) is 1. The molecule has 0 bridgehead atoms. The third kappa shape index (κ3) is 4.66. The molecule has 7 nitrogen and oxygen atoms in total. The summed E-state index contributed by atoms with van der Waals surface area (Å²) in [5.41, 5.74) is 1.50. The van der Waals surface area contributed by atoms with Crippen LogP contribution in [0.4, 0.5) is 11.4 Å². The number of nitrogens with one attached hydrogen (secondary N) is 1. The van der Waals surface area contributed by atoms with Crippen molar-refractivity contribution in [1.29, 1.82) is 0 Å². The van der Waals surface area contributed by atoms with E-state index in [1.165, 1.54) is 11.0 Å². The van der Waals surface area contributed by atoms with Crippen LogP contribution in [0.1, 0.15) is 29.8 Å². The third-order valence-corrected chi connectivity index (χ3v) is 3.87. The summed E-state index contributed by atoms with van der Waals surface area (Å²) in [4.78, 5) is 36.3. The van der Waals surface area contributed by atoms with E-state index in [1.54, 1.807) is 63.4 Å². The van der Waals surface area contributed by atoms with E-state index in [-0.39, 0.29) is 30.0 Å². The Hall–Kier alpha value is -3.22. The quantitative estimate of drug-likeness (QED) is 0.634. The summed E-state index contributed by atoms with van der Waals surface area (Å²) in [7, 11) is 1.59. The van der Waals surface area contributed by atoms with Gasteiger partial charge in [-0.2, -0.15) is 0 Å². The number of amides is 2. The van der Waals surface area contributed by atoms with Gasteiger partial charge in [-0.1, -0.05) is 32.0 Å². The molecule has 0 saturated carbocycles. The van der Waals surface area contributed by atoms with Gasteiger partial charge in [0.05, 0.1) is 11.5 Å². The second-order valence-electron chi connectivity index (χ2n) is 6.27. The minimum atomic E-state index is -0.458. The number of nitro groups is 1. The lowest BCUT2D eigenvalue weighted by Gasteiger charge is -2.17. The van der Waals surface area contributed by atoms with Crippen LogP contribution in [0.3, 0.4) is 0 Å². The van der Waals surface area contributed by atoms with Gasteiger partial charge in [-0.05, 0) is 24.3 Å². The Morgan fingerprint density at radius 2 is 1.73 bits per heavy atom. The molecular formula is C19H21N3O4. The molecule has 0 fully saturated rings. The lowest BCUT2D eigenvalue weighted by molar-refractivity contribution is -0.385. The first-order valence-electron chi connectivity index (χ1n) is 8.18. The number of hydrogen-bond acceptors (Lipinski definition) is 4. The van der Waals surface area contributed by atoms with Gasteiger partial charge < -0.3 is 10.2 Å². The maximum absolute atomic E-state index is 12.5. The van der Waals surface area contributed by atoms with Crippen LogP contribution in [0.2, 0.25) is 0 Å². The monoisotopic (exact) mass is 355 g/mol. The van der Waals surface area contributed by atoms with E-state index in [4.69, 9.17) is 0 Å². The molecule has 2 amide bonds. The Labute approximate surface area is 151 Å². The highest BCUT2D eigenvalue weighted by molar-refractivity contribution is 5.96. The van der Waals surface area contributed by atoms with Crippen molar-refractivity contribution in [3.63, 3.8) is 0 Å². The molecule has 2 aromatic rings. The van der Waals surface area contributed by atoms with Crippen molar-refractivity contribution in [1.82, 2.24) is 4.90 Å². The first kappa shape index (κ1) is 19.1. The van der Waals surface area contributed by atoms with Gasteiger partial charge in [0.25, 0.3) is 11.6 Å². The molecule has 0 unspecified atom stereocenters. The van der Waals surface area contributed by atoms with Crippen LogP contribution in [-0.2, 0) is 11.3 Å². The van der Waals surface area contributed by atoms with Crippen molar-refractivity contribution in [3.05, 3.63) is 69.8 Å². The van der Waals surface area contributed by atoms with Gasteiger partial charge in [-0.15, -0.1) is 0 Å². The molecule has 0 saturated heterocycles. The molecule has 0 aromatic heterocycles. The zero-order chi connectivity index (χ0) is 19.3. The van der Waals surface area contributed by atoms with E-state index in [9.17, 15) is 19.7 Å². The Balaban J connectivity index is 2.09. The zero-order valence-corrected chi connectivity index (χ0v) is 14.9. The summed E-state index contributed by atoms with van der Waals surface area (Å²) in [6, 6.07) is 12.9. The number of nitro benzene ring substituents is 1. The zero-order valence-electron chi connectivity index (χ0n) is 14.9. The standard InChI is InChI=1S/C19H21N3O4/c1-13(2)18(23)20-16-10-8-14(9-11-16)19(24)21(3)12-15-6-4-5-7-17(15)22(25)26/h4-11,13H,12H2,1-3H3,(H,20,23). The van der Waals surface area contributed by atoms with Crippen molar-refractivity contribution >= 4 is 23.2 Å². The number of carbonyl (C=O) groups is 2. The number of benzene rings is 2. The van der Waals surface area contributed by atoms with Crippen LogP contribution in [0.5, 0.6) is 0 Å². The van der Waals surface area contributed by atoms with E-state index in [1.807, 2.05) is 0 Å². The highest BCUT2D eigenvalue weighted by Crippen LogP contribution is 2.20. The van der Waals surface area contributed by atoms with Crippen LogP contribution in [0, 0.1) is 16.0 Å². The topological polar surface area (TPSA) is 92.6 Å². The lowest BCUT2D eigenvalue weighted by atomic mass is 10.1. The lowest BCUT2D eigenvalue weighted by Crippen LogP contribution is -2.26. The second kappa shape index (κ2) is 8.24. The van der Waals surface area contributed by atoms with Gasteiger partial charge in [-0.25, -0.2) is 0 Å². The van der Waals surface area contributed by atoms with Crippen LogP contribution in [-0.4, -0.2) is 28.7 Å². The summed E-state index contributed by atoms with van der Waals surface area (Å²) in [5.74, 6) is -0.494. The van der Waals surface area contributed by atoms with Crippen LogP contribution < -0.4 is 5.32 Å². The molecule has 0 radical (unpaired) electrons.